The highest BCUT2D eigenvalue weighted by Gasteiger charge is 2.40. The molecule has 0 radical (unpaired) electrons. The Kier molecular flexibility index (Phi) is 9.36. The van der Waals surface area contributed by atoms with E-state index in [4.69, 9.17) is 0 Å². The Labute approximate surface area is 245 Å². The zero-order valence-corrected chi connectivity index (χ0v) is 25.1. The number of hydrogen-bond acceptors (Lipinski definition) is 1. The molecule has 0 N–H and O–H groups in total. The number of halogens is 6. The zero-order chi connectivity index (χ0) is 30.9. The van der Waals surface area contributed by atoms with Crippen molar-refractivity contribution in [2.75, 3.05) is 7.05 Å². The molecular formula is C32H30F6NOPS. The fourth-order valence-corrected chi connectivity index (χ4v) is 8.53. The van der Waals surface area contributed by atoms with E-state index in [-0.39, 0.29) is 11.6 Å². The fourth-order valence-electron chi connectivity index (χ4n) is 4.75. The molecule has 2 atom stereocenters. The lowest BCUT2D eigenvalue weighted by Crippen LogP contribution is -2.39. The smallest absolute Gasteiger partial charge is 0.242 e. The third kappa shape index (κ3) is 7.13. The minimum atomic E-state index is -5.03. The lowest BCUT2D eigenvalue weighted by molar-refractivity contribution is -0.143. The van der Waals surface area contributed by atoms with Crippen LogP contribution in [0.25, 0.3) is 0 Å². The van der Waals surface area contributed by atoms with E-state index in [2.05, 4.69) is 0 Å². The molecule has 0 saturated carbocycles. The monoisotopic (exact) mass is 621 g/mol. The Morgan fingerprint density at radius 3 is 1.52 bits per heavy atom. The van der Waals surface area contributed by atoms with E-state index in [1.54, 1.807) is 39.0 Å². The average Bonchev–Trinajstić information content (AvgIpc) is 2.93. The van der Waals surface area contributed by atoms with Crippen LogP contribution in [0.4, 0.5) is 26.3 Å². The first-order valence-corrected chi connectivity index (χ1v) is 15.5. The van der Waals surface area contributed by atoms with E-state index in [0.29, 0.717) is 5.56 Å². The highest BCUT2D eigenvalue weighted by molar-refractivity contribution is 7.84. The van der Waals surface area contributed by atoms with E-state index in [0.717, 1.165) is 28.0 Å². The van der Waals surface area contributed by atoms with Gasteiger partial charge in [0.15, 0.2) is 0 Å². The standard InChI is InChI=1S/C32H30F6NOPS/c1-30(2,3)42(40)39(4)29(22-19-23(31(33,34)35)21-24(20-22)32(36,37)38)27-17-11-12-18-28(27)41(25-13-7-5-8-14-25)26-15-9-6-10-16-26/h5-21,29H,1-4H3/t29-,42+/m0/s1. The van der Waals surface area contributed by atoms with Crippen molar-refractivity contribution >= 4 is 34.8 Å². The van der Waals surface area contributed by atoms with Gasteiger partial charge in [0.2, 0.25) is 0 Å². The molecule has 0 saturated heterocycles. The molecule has 2 nitrogen and oxygen atoms in total. The van der Waals surface area contributed by atoms with Crippen molar-refractivity contribution in [3.8, 4) is 0 Å². The van der Waals surface area contributed by atoms with Crippen molar-refractivity contribution in [2.45, 2.75) is 43.9 Å². The summed E-state index contributed by atoms with van der Waals surface area (Å²) in [6, 6.07) is 26.5. The summed E-state index contributed by atoms with van der Waals surface area (Å²) in [6.45, 7) is 5.12. The van der Waals surface area contributed by atoms with E-state index in [9.17, 15) is 30.6 Å². The predicted molar refractivity (Wildman–Crippen MR) is 159 cm³/mol. The predicted octanol–water partition coefficient (Wildman–Crippen LogP) is 7.97. The van der Waals surface area contributed by atoms with Gasteiger partial charge in [-0.25, -0.2) is 8.51 Å². The van der Waals surface area contributed by atoms with Crippen LogP contribution in [0.1, 0.15) is 49.1 Å². The van der Waals surface area contributed by atoms with Crippen LogP contribution in [-0.2, 0) is 23.3 Å². The summed E-state index contributed by atoms with van der Waals surface area (Å²) < 4.78 is 98.0. The van der Waals surface area contributed by atoms with Gasteiger partial charge in [0.25, 0.3) is 0 Å². The van der Waals surface area contributed by atoms with Gasteiger partial charge in [0, 0.05) is 7.05 Å². The summed E-state index contributed by atoms with van der Waals surface area (Å²) in [7, 11) is -1.62. The van der Waals surface area contributed by atoms with Crippen LogP contribution in [0.15, 0.2) is 103 Å². The topological polar surface area (TPSA) is 20.3 Å². The molecular weight excluding hydrogens is 591 g/mol. The van der Waals surface area contributed by atoms with Crippen LogP contribution in [0.2, 0.25) is 0 Å². The van der Waals surface area contributed by atoms with Gasteiger partial charge in [-0.2, -0.15) is 26.3 Å². The molecule has 42 heavy (non-hydrogen) atoms. The highest BCUT2D eigenvalue weighted by atomic mass is 32.2. The second-order valence-corrected chi connectivity index (χ2v) is 15.2. The van der Waals surface area contributed by atoms with Crippen molar-refractivity contribution in [3.05, 3.63) is 125 Å². The largest absolute Gasteiger partial charge is 0.416 e. The molecule has 0 unspecified atom stereocenters. The second kappa shape index (κ2) is 12.3. The maximum atomic E-state index is 14.0. The van der Waals surface area contributed by atoms with Crippen molar-refractivity contribution in [2.24, 2.45) is 0 Å². The van der Waals surface area contributed by atoms with Crippen LogP contribution >= 0.6 is 7.92 Å². The molecule has 0 heterocycles. The normalized spacial score (nSPS) is 14.3. The van der Waals surface area contributed by atoms with Crippen LogP contribution in [0.5, 0.6) is 0 Å². The molecule has 4 aromatic rings. The molecule has 0 spiro atoms. The first kappa shape index (κ1) is 31.9. The van der Waals surface area contributed by atoms with Gasteiger partial charge in [0.1, 0.15) is 11.0 Å². The number of benzene rings is 4. The summed E-state index contributed by atoms with van der Waals surface area (Å²) >= 11 is 0. The van der Waals surface area contributed by atoms with Gasteiger partial charge in [-0.15, -0.1) is 0 Å². The van der Waals surface area contributed by atoms with Crippen LogP contribution in [0, 0.1) is 0 Å². The van der Waals surface area contributed by atoms with Gasteiger partial charge >= 0.3 is 12.4 Å². The number of alkyl halides is 6. The number of nitrogens with zero attached hydrogens (tertiary/aromatic N) is 1. The van der Waals surface area contributed by atoms with Crippen LogP contribution in [0.3, 0.4) is 0 Å². The highest BCUT2D eigenvalue weighted by Crippen LogP contribution is 2.43. The molecule has 0 aromatic heterocycles. The average molecular weight is 622 g/mol. The Hall–Kier alpha value is -3.00. The minimum Gasteiger partial charge on any atom is -0.242 e. The molecule has 4 rings (SSSR count). The van der Waals surface area contributed by atoms with Gasteiger partial charge in [0.05, 0.1) is 21.9 Å². The summed E-state index contributed by atoms with van der Waals surface area (Å²) in [5, 5.41) is 2.63. The fraction of sp³-hybridized carbons (Fsp3) is 0.250. The summed E-state index contributed by atoms with van der Waals surface area (Å²) in [6.07, 6.45) is -10.1. The maximum Gasteiger partial charge on any atom is 0.416 e. The molecule has 0 aliphatic carbocycles. The van der Waals surface area contributed by atoms with Crippen molar-refractivity contribution in [3.63, 3.8) is 0 Å². The Bertz CT molecular complexity index is 1460. The van der Waals surface area contributed by atoms with Gasteiger partial charge in [-0.1, -0.05) is 84.9 Å². The lowest BCUT2D eigenvalue weighted by atomic mass is 9.94. The van der Waals surface area contributed by atoms with Crippen LogP contribution in [-0.4, -0.2) is 20.3 Å². The Morgan fingerprint density at radius 2 is 1.10 bits per heavy atom. The minimum absolute atomic E-state index is 0.119. The number of rotatable bonds is 7. The summed E-state index contributed by atoms with van der Waals surface area (Å²) in [4.78, 5) is 0. The van der Waals surface area contributed by atoms with Gasteiger partial charge in [-0.3, -0.25) is 0 Å². The Morgan fingerprint density at radius 1 is 0.667 bits per heavy atom. The molecule has 10 heteroatoms. The van der Waals surface area contributed by atoms with Crippen LogP contribution < -0.4 is 15.9 Å². The quantitative estimate of drug-likeness (QED) is 0.152. The molecule has 0 aliphatic rings. The molecule has 0 aliphatic heterocycles. The summed E-state index contributed by atoms with van der Waals surface area (Å²) in [5.41, 5.74) is -2.61. The lowest BCUT2D eigenvalue weighted by Gasteiger charge is -2.35. The SMILES string of the molecule is CN([C@@H](c1cc(C(F)(F)F)cc(C(F)(F)F)c1)c1ccccc1P(c1ccccc1)c1ccccc1)[S@](=O)C(C)(C)C. The van der Waals surface area contributed by atoms with E-state index in [1.807, 2.05) is 66.7 Å². The zero-order valence-electron chi connectivity index (χ0n) is 23.4. The molecule has 4 aromatic carbocycles. The maximum absolute atomic E-state index is 14.0. The molecule has 0 bridgehead atoms. The first-order chi connectivity index (χ1) is 19.6. The molecule has 0 amide bonds. The second-order valence-electron chi connectivity index (χ2n) is 10.7. The van der Waals surface area contributed by atoms with E-state index >= 15 is 0 Å². The van der Waals surface area contributed by atoms with E-state index < -0.39 is 53.2 Å². The van der Waals surface area contributed by atoms with E-state index in [1.165, 1.54) is 11.4 Å². The Balaban J connectivity index is 2.06. The van der Waals surface area contributed by atoms with Gasteiger partial charge in [-0.05, 0) is 73.9 Å². The van der Waals surface area contributed by atoms with Gasteiger partial charge < -0.3 is 0 Å². The first-order valence-electron chi connectivity index (χ1n) is 13.0. The van der Waals surface area contributed by atoms with Crippen molar-refractivity contribution in [1.29, 1.82) is 0 Å². The third-order valence-corrected chi connectivity index (χ3v) is 10.9. The number of hydrogen-bond donors (Lipinski definition) is 0. The molecule has 222 valence electrons. The van der Waals surface area contributed by atoms with Crippen molar-refractivity contribution in [1.82, 2.24) is 4.31 Å². The third-order valence-electron chi connectivity index (χ3n) is 6.58. The summed E-state index contributed by atoms with van der Waals surface area (Å²) in [5.74, 6) is 0. The van der Waals surface area contributed by atoms with Crippen molar-refractivity contribution < 1.29 is 30.6 Å². The molecule has 0 fully saturated rings.